The van der Waals surface area contributed by atoms with Gasteiger partial charge in [-0.3, -0.25) is 4.90 Å². The zero-order valence-electron chi connectivity index (χ0n) is 36.8. The zero-order chi connectivity index (χ0) is 44.0. The van der Waals surface area contributed by atoms with E-state index in [2.05, 4.69) is 213 Å². The molecule has 1 heterocycles. The topological polar surface area (TPSA) is 19.4 Å². The fourth-order valence-corrected chi connectivity index (χ4v) is 10.8. The highest BCUT2D eigenvalue weighted by molar-refractivity contribution is 6.10. The van der Waals surface area contributed by atoms with Crippen LogP contribution in [0.2, 0.25) is 0 Å². The summed E-state index contributed by atoms with van der Waals surface area (Å²) in [5.74, 6) is 0.489. The van der Waals surface area contributed by atoms with Crippen molar-refractivity contribution in [2.45, 2.75) is 38.5 Å². The van der Waals surface area contributed by atoms with E-state index in [0.717, 1.165) is 45.4 Å². The molecule has 0 fully saturated rings. The van der Waals surface area contributed by atoms with Gasteiger partial charge in [0.25, 0.3) is 0 Å². The summed E-state index contributed by atoms with van der Waals surface area (Å²) in [4.78, 5) is 9.70. The van der Waals surface area contributed by atoms with E-state index in [4.69, 9.17) is 4.98 Å². The normalized spacial score (nSPS) is 13.9. The molecule has 4 heteroatoms. The summed E-state index contributed by atoms with van der Waals surface area (Å²) < 4.78 is 14.3. The fraction of sp³-hybridized carbons (Fsp3) is 0.0984. The highest BCUT2D eigenvalue weighted by Gasteiger charge is 2.39. The van der Waals surface area contributed by atoms with Gasteiger partial charge in [0.15, 0.2) is 0 Å². The quantitative estimate of drug-likeness (QED) is 0.159. The highest BCUT2D eigenvalue weighted by atomic mass is 19.1. The Bertz CT molecular complexity index is 3500. The number of hydrogen-bond donors (Lipinski definition) is 0. The zero-order valence-corrected chi connectivity index (χ0v) is 36.8. The van der Waals surface area contributed by atoms with Gasteiger partial charge in [0.05, 0.1) is 5.69 Å². The number of nitrogens with zero attached hydrogens (tertiary/aromatic N) is 3. The molecule has 0 saturated carbocycles. The van der Waals surface area contributed by atoms with E-state index in [9.17, 15) is 4.39 Å². The molecule has 10 aromatic rings. The minimum atomic E-state index is -0.293. The fourth-order valence-electron chi connectivity index (χ4n) is 10.8. The predicted molar refractivity (Wildman–Crippen MR) is 269 cm³/mol. The molecule has 0 N–H and O–H groups in total. The van der Waals surface area contributed by atoms with E-state index in [1.165, 1.54) is 78.2 Å². The maximum Gasteiger partial charge on any atom is 0.137 e. The molecule has 1 aromatic heterocycles. The van der Waals surface area contributed by atoms with Crippen LogP contribution in [-0.2, 0) is 10.8 Å². The minimum absolute atomic E-state index is 0.166. The van der Waals surface area contributed by atoms with Crippen LogP contribution in [0.3, 0.4) is 0 Å². The standard InChI is InChI=1S/C61H46FN3/c1-60(2)53-21-13-12-18-48(53)49-32-30-47(36-55(49)60)65(45-28-25-43(62)26-29-45)58-33-24-42(38-63-58)41-23-31-52-54(35-41)61(3,4)56-37-57(50-19-10-11-20-51(50)59(52)56)64(44-16-6-5-7-17-44)46-27-22-39-14-8-9-15-40(39)34-46/h5-38H,1-4H3. The average Bonchev–Trinajstić information content (AvgIpc) is 3.71. The Balaban J connectivity index is 0.941. The Kier molecular flexibility index (Phi) is 8.73. The van der Waals surface area contributed by atoms with Gasteiger partial charge in [0, 0.05) is 50.7 Å². The van der Waals surface area contributed by atoms with Gasteiger partial charge >= 0.3 is 0 Å². The molecule has 2 aliphatic carbocycles. The van der Waals surface area contributed by atoms with E-state index < -0.39 is 0 Å². The predicted octanol–water partition coefficient (Wildman–Crippen LogP) is 16.7. The largest absolute Gasteiger partial charge is 0.310 e. The van der Waals surface area contributed by atoms with Crippen molar-refractivity contribution in [3.05, 3.63) is 234 Å². The van der Waals surface area contributed by atoms with Gasteiger partial charge in [-0.2, -0.15) is 0 Å². The third-order valence-corrected chi connectivity index (χ3v) is 14.1. The Morgan fingerprint density at radius 2 is 1.00 bits per heavy atom. The molecular weight excluding hydrogens is 794 g/mol. The monoisotopic (exact) mass is 839 g/mol. The SMILES string of the molecule is CC1(C)c2ccccc2-c2ccc(N(c3ccc(F)cc3)c3ccc(-c4ccc5c(c4)C(C)(C)c4cc(N(c6ccccc6)c6ccc7ccccc7c6)c6ccccc6c4-5)cn3)cc21. The second-order valence-corrected chi connectivity index (χ2v) is 18.6. The Hall–Kier alpha value is -7.82. The summed E-state index contributed by atoms with van der Waals surface area (Å²) in [6, 6.07) is 70.6. The Morgan fingerprint density at radius 3 is 1.80 bits per heavy atom. The molecule has 312 valence electrons. The third kappa shape index (κ3) is 6.12. The molecule has 0 spiro atoms. The summed E-state index contributed by atoms with van der Waals surface area (Å²) in [5, 5.41) is 4.88. The van der Waals surface area contributed by atoms with Crippen LogP contribution >= 0.6 is 0 Å². The van der Waals surface area contributed by atoms with Gasteiger partial charge in [-0.15, -0.1) is 0 Å². The van der Waals surface area contributed by atoms with Crippen LogP contribution < -0.4 is 9.80 Å². The first-order chi connectivity index (χ1) is 31.6. The molecule has 12 rings (SSSR count). The molecular formula is C61H46FN3. The number of fused-ring (bicyclic) bond motifs is 9. The second kappa shape index (κ2) is 14.6. The molecule has 0 unspecified atom stereocenters. The first-order valence-corrected chi connectivity index (χ1v) is 22.5. The van der Waals surface area contributed by atoms with Gasteiger partial charge in [-0.25, -0.2) is 9.37 Å². The number of hydrogen-bond acceptors (Lipinski definition) is 3. The lowest BCUT2D eigenvalue weighted by atomic mass is 9.81. The summed E-state index contributed by atoms with van der Waals surface area (Å²) in [7, 11) is 0. The number of rotatable bonds is 7. The lowest BCUT2D eigenvalue weighted by Gasteiger charge is -2.30. The summed E-state index contributed by atoms with van der Waals surface area (Å²) >= 11 is 0. The number of anilines is 6. The lowest BCUT2D eigenvalue weighted by molar-refractivity contribution is 0.628. The Morgan fingerprint density at radius 1 is 0.400 bits per heavy atom. The van der Waals surface area contributed by atoms with Crippen molar-refractivity contribution in [1.82, 2.24) is 4.98 Å². The summed E-state index contributed by atoms with van der Waals surface area (Å²) in [5.41, 5.74) is 17.2. The van der Waals surface area contributed by atoms with Crippen molar-refractivity contribution < 1.29 is 4.39 Å². The van der Waals surface area contributed by atoms with Gasteiger partial charge < -0.3 is 4.90 Å². The second-order valence-electron chi connectivity index (χ2n) is 18.6. The molecule has 9 aromatic carbocycles. The molecule has 65 heavy (non-hydrogen) atoms. The van der Waals surface area contributed by atoms with Crippen LogP contribution in [0.25, 0.3) is 54.9 Å². The van der Waals surface area contributed by atoms with Crippen molar-refractivity contribution >= 4 is 55.8 Å². The molecule has 0 bridgehead atoms. The van der Waals surface area contributed by atoms with E-state index in [0.29, 0.717) is 0 Å². The third-order valence-electron chi connectivity index (χ3n) is 14.1. The molecule has 0 atom stereocenters. The van der Waals surface area contributed by atoms with Crippen molar-refractivity contribution in [1.29, 1.82) is 0 Å². The van der Waals surface area contributed by atoms with Crippen molar-refractivity contribution in [3.8, 4) is 33.4 Å². The molecule has 0 saturated heterocycles. The van der Waals surface area contributed by atoms with E-state index in [1.54, 1.807) is 0 Å². The van der Waals surface area contributed by atoms with Crippen molar-refractivity contribution in [2.75, 3.05) is 9.80 Å². The highest BCUT2D eigenvalue weighted by Crippen LogP contribution is 2.56. The van der Waals surface area contributed by atoms with Crippen LogP contribution in [0.1, 0.15) is 49.9 Å². The van der Waals surface area contributed by atoms with Gasteiger partial charge in [-0.1, -0.05) is 143 Å². The average molecular weight is 840 g/mol. The summed E-state index contributed by atoms with van der Waals surface area (Å²) in [6.07, 6.45) is 1.98. The Labute approximate surface area is 379 Å². The van der Waals surface area contributed by atoms with Crippen molar-refractivity contribution in [3.63, 3.8) is 0 Å². The minimum Gasteiger partial charge on any atom is -0.310 e. The number of aromatic nitrogens is 1. The van der Waals surface area contributed by atoms with Crippen LogP contribution in [-0.4, -0.2) is 4.98 Å². The first kappa shape index (κ1) is 38.8. The smallest absolute Gasteiger partial charge is 0.137 e. The lowest BCUT2D eigenvalue weighted by Crippen LogP contribution is -2.17. The molecule has 2 aliphatic rings. The molecule has 0 aliphatic heterocycles. The number of halogens is 1. The number of benzene rings is 9. The molecule has 0 amide bonds. The summed E-state index contributed by atoms with van der Waals surface area (Å²) in [6.45, 7) is 9.31. The van der Waals surface area contributed by atoms with Crippen LogP contribution in [0.5, 0.6) is 0 Å². The van der Waals surface area contributed by atoms with Gasteiger partial charge in [0.2, 0.25) is 0 Å². The van der Waals surface area contributed by atoms with Gasteiger partial charge in [0.1, 0.15) is 11.6 Å². The first-order valence-electron chi connectivity index (χ1n) is 22.5. The maximum atomic E-state index is 14.3. The maximum absolute atomic E-state index is 14.3. The number of para-hydroxylation sites is 1. The van der Waals surface area contributed by atoms with Crippen LogP contribution in [0.4, 0.5) is 38.6 Å². The van der Waals surface area contributed by atoms with E-state index in [1.807, 2.05) is 18.3 Å². The van der Waals surface area contributed by atoms with Crippen molar-refractivity contribution in [2.24, 2.45) is 0 Å². The molecule has 0 radical (unpaired) electrons. The van der Waals surface area contributed by atoms with E-state index >= 15 is 0 Å². The molecule has 3 nitrogen and oxygen atoms in total. The number of pyridine rings is 1. The van der Waals surface area contributed by atoms with Gasteiger partial charge in [-0.05, 0) is 151 Å². The van der Waals surface area contributed by atoms with E-state index in [-0.39, 0.29) is 16.6 Å². The van der Waals surface area contributed by atoms with Crippen LogP contribution in [0, 0.1) is 5.82 Å². The van der Waals surface area contributed by atoms with Crippen LogP contribution in [0.15, 0.2) is 206 Å².